The zero-order valence-electron chi connectivity index (χ0n) is 11.9. The summed E-state index contributed by atoms with van der Waals surface area (Å²) < 4.78 is 10.2. The van der Waals surface area contributed by atoms with Crippen LogP contribution in [0.5, 0.6) is 0 Å². The average Bonchev–Trinajstić information content (AvgIpc) is 2.95. The highest BCUT2D eigenvalue weighted by Crippen LogP contribution is 2.18. The van der Waals surface area contributed by atoms with Crippen LogP contribution in [0.15, 0.2) is 22.8 Å². The van der Waals surface area contributed by atoms with Crippen molar-refractivity contribution in [3.05, 3.63) is 24.2 Å². The van der Waals surface area contributed by atoms with Crippen molar-refractivity contribution in [2.45, 2.75) is 44.8 Å². The van der Waals surface area contributed by atoms with E-state index in [2.05, 4.69) is 10.6 Å². The minimum absolute atomic E-state index is 0.229. The van der Waals surface area contributed by atoms with Crippen LogP contribution in [0.3, 0.4) is 0 Å². The predicted molar refractivity (Wildman–Crippen MR) is 71.8 cm³/mol. The zero-order chi connectivity index (χ0) is 14.8. The Morgan fingerprint density at radius 3 is 2.70 bits per heavy atom. The van der Waals surface area contributed by atoms with Gasteiger partial charge in [-0.15, -0.1) is 0 Å². The molecule has 0 saturated carbocycles. The fraction of sp³-hybridized carbons (Fsp3) is 0.571. The van der Waals surface area contributed by atoms with E-state index in [1.165, 1.54) is 6.26 Å². The lowest BCUT2D eigenvalue weighted by molar-refractivity contribution is -0.140. The minimum Gasteiger partial charge on any atom is -0.467 e. The first-order chi connectivity index (χ1) is 9.37. The van der Waals surface area contributed by atoms with Crippen LogP contribution in [0.1, 0.15) is 39.0 Å². The molecule has 20 heavy (non-hydrogen) atoms. The van der Waals surface area contributed by atoms with Gasteiger partial charge < -0.3 is 14.5 Å². The standard InChI is InChI=1S/C14H20N2O4/c1-14(2,3)16-12(17)11(10-5-4-7-19-10)15-9-6-8-20-13(9)18/h4-5,7,9,11,15H,6,8H2,1-3H3,(H,16,17)/t9-,11+/m0/s1. The molecule has 2 atom stereocenters. The van der Waals surface area contributed by atoms with Crippen LogP contribution < -0.4 is 10.6 Å². The smallest absolute Gasteiger partial charge is 0.323 e. The Hall–Kier alpha value is -1.82. The van der Waals surface area contributed by atoms with Crippen molar-refractivity contribution < 1.29 is 18.7 Å². The molecule has 1 aromatic heterocycles. The zero-order valence-corrected chi connectivity index (χ0v) is 11.9. The monoisotopic (exact) mass is 280 g/mol. The molecule has 1 amide bonds. The van der Waals surface area contributed by atoms with E-state index in [0.29, 0.717) is 18.8 Å². The largest absolute Gasteiger partial charge is 0.467 e. The van der Waals surface area contributed by atoms with Gasteiger partial charge in [0, 0.05) is 12.0 Å². The summed E-state index contributed by atoms with van der Waals surface area (Å²) >= 11 is 0. The van der Waals surface area contributed by atoms with Crippen molar-refractivity contribution >= 4 is 11.9 Å². The van der Waals surface area contributed by atoms with Crippen LogP contribution in [0.25, 0.3) is 0 Å². The first-order valence-electron chi connectivity index (χ1n) is 6.65. The maximum atomic E-state index is 12.4. The van der Waals surface area contributed by atoms with E-state index in [9.17, 15) is 9.59 Å². The summed E-state index contributed by atoms with van der Waals surface area (Å²) in [5.41, 5.74) is -0.361. The van der Waals surface area contributed by atoms with Gasteiger partial charge in [-0.1, -0.05) is 0 Å². The third-order valence-corrected chi connectivity index (χ3v) is 2.89. The lowest BCUT2D eigenvalue weighted by Gasteiger charge is -2.25. The Bertz CT molecular complexity index is 476. The summed E-state index contributed by atoms with van der Waals surface area (Å²) in [4.78, 5) is 23.9. The lowest BCUT2D eigenvalue weighted by atomic mass is 10.1. The molecule has 1 saturated heterocycles. The highest BCUT2D eigenvalue weighted by molar-refractivity contribution is 5.85. The molecule has 6 nitrogen and oxygen atoms in total. The third kappa shape index (κ3) is 3.60. The van der Waals surface area contributed by atoms with Crippen molar-refractivity contribution in [1.29, 1.82) is 0 Å². The lowest BCUT2D eigenvalue weighted by Crippen LogP contribution is -2.49. The van der Waals surface area contributed by atoms with E-state index < -0.39 is 12.1 Å². The summed E-state index contributed by atoms with van der Waals surface area (Å²) in [7, 11) is 0. The molecule has 6 heteroatoms. The van der Waals surface area contributed by atoms with Gasteiger partial charge in [0.2, 0.25) is 5.91 Å². The molecule has 1 aromatic rings. The molecule has 1 aliphatic rings. The van der Waals surface area contributed by atoms with Crippen molar-refractivity contribution in [3.63, 3.8) is 0 Å². The fourth-order valence-corrected chi connectivity index (χ4v) is 2.03. The van der Waals surface area contributed by atoms with Crippen molar-refractivity contribution in [2.24, 2.45) is 0 Å². The van der Waals surface area contributed by atoms with E-state index in [0.717, 1.165) is 0 Å². The van der Waals surface area contributed by atoms with Crippen LogP contribution in [0, 0.1) is 0 Å². The molecule has 0 bridgehead atoms. The maximum Gasteiger partial charge on any atom is 0.323 e. The second kappa shape index (κ2) is 5.66. The molecule has 1 fully saturated rings. The molecule has 0 spiro atoms. The molecule has 2 rings (SSSR count). The van der Waals surface area contributed by atoms with Gasteiger partial charge >= 0.3 is 5.97 Å². The number of hydrogen-bond donors (Lipinski definition) is 2. The molecule has 0 aromatic carbocycles. The highest BCUT2D eigenvalue weighted by atomic mass is 16.5. The molecule has 1 aliphatic heterocycles. The number of cyclic esters (lactones) is 1. The Morgan fingerprint density at radius 2 is 2.20 bits per heavy atom. The van der Waals surface area contributed by atoms with Gasteiger partial charge in [-0.3, -0.25) is 14.9 Å². The number of esters is 1. The average molecular weight is 280 g/mol. The van der Waals surface area contributed by atoms with E-state index in [-0.39, 0.29) is 17.4 Å². The third-order valence-electron chi connectivity index (χ3n) is 2.89. The second-order valence-electron chi connectivity index (χ2n) is 5.86. The van der Waals surface area contributed by atoms with Crippen LogP contribution >= 0.6 is 0 Å². The predicted octanol–water partition coefficient (Wildman–Crippen LogP) is 1.14. The number of carbonyl (C=O) groups is 2. The molecular weight excluding hydrogens is 260 g/mol. The number of nitrogens with one attached hydrogen (secondary N) is 2. The van der Waals surface area contributed by atoms with Gasteiger partial charge in [-0.25, -0.2) is 0 Å². The van der Waals surface area contributed by atoms with Gasteiger partial charge in [0.05, 0.1) is 12.9 Å². The molecule has 2 N–H and O–H groups in total. The van der Waals surface area contributed by atoms with Gasteiger partial charge in [-0.05, 0) is 32.9 Å². The Morgan fingerprint density at radius 1 is 1.45 bits per heavy atom. The first-order valence-corrected chi connectivity index (χ1v) is 6.65. The van der Waals surface area contributed by atoms with Crippen LogP contribution in [-0.2, 0) is 14.3 Å². The van der Waals surface area contributed by atoms with E-state index in [1.54, 1.807) is 12.1 Å². The summed E-state index contributed by atoms with van der Waals surface area (Å²) in [5, 5.41) is 5.89. The normalized spacial score (nSPS) is 20.6. The minimum atomic E-state index is -0.708. The molecular formula is C14H20N2O4. The van der Waals surface area contributed by atoms with Gasteiger partial charge in [0.25, 0.3) is 0 Å². The van der Waals surface area contributed by atoms with E-state index >= 15 is 0 Å². The Labute approximate surface area is 117 Å². The summed E-state index contributed by atoms with van der Waals surface area (Å²) in [6, 6.07) is 2.23. The summed E-state index contributed by atoms with van der Waals surface area (Å²) in [6.45, 7) is 6.07. The Balaban J connectivity index is 2.13. The molecule has 110 valence electrons. The summed E-state index contributed by atoms with van der Waals surface area (Å²) in [5.74, 6) is -0.0799. The number of rotatable bonds is 4. The maximum absolute atomic E-state index is 12.4. The molecule has 0 radical (unpaired) electrons. The van der Waals surface area contributed by atoms with Crippen molar-refractivity contribution in [2.75, 3.05) is 6.61 Å². The van der Waals surface area contributed by atoms with Gasteiger partial charge in [-0.2, -0.15) is 0 Å². The number of amides is 1. The van der Waals surface area contributed by atoms with Crippen LogP contribution in [0.4, 0.5) is 0 Å². The Kier molecular flexibility index (Phi) is 4.13. The summed E-state index contributed by atoms with van der Waals surface area (Å²) in [6.07, 6.45) is 2.06. The number of hydrogen-bond acceptors (Lipinski definition) is 5. The molecule has 2 heterocycles. The number of carbonyl (C=O) groups excluding carboxylic acids is 2. The number of ether oxygens (including phenoxy) is 1. The molecule has 0 unspecified atom stereocenters. The van der Waals surface area contributed by atoms with Crippen LogP contribution in [-0.4, -0.2) is 30.1 Å². The topological polar surface area (TPSA) is 80.6 Å². The van der Waals surface area contributed by atoms with Crippen molar-refractivity contribution in [3.8, 4) is 0 Å². The highest BCUT2D eigenvalue weighted by Gasteiger charge is 2.34. The quantitative estimate of drug-likeness (QED) is 0.808. The fourth-order valence-electron chi connectivity index (χ4n) is 2.03. The number of furan rings is 1. The van der Waals surface area contributed by atoms with Gasteiger partial charge in [0.1, 0.15) is 17.8 Å². The second-order valence-corrected chi connectivity index (χ2v) is 5.86. The van der Waals surface area contributed by atoms with E-state index in [1.807, 2.05) is 20.8 Å². The van der Waals surface area contributed by atoms with E-state index in [4.69, 9.17) is 9.15 Å². The SMILES string of the molecule is CC(C)(C)NC(=O)[C@H](N[C@H]1CCOC1=O)c1ccco1. The van der Waals surface area contributed by atoms with Crippen LogP contribution in [0.2, 0.25) is 0 Å². The van der Waals surface area contributed by atoms with Gasteiger partial charge in [0.15, 0.2) is 0 Å². The van der Waals surface area contributed by atoms with Crippen molar-refractivity contribution in [1.82, 2.24) is 10.6 Å². The molecule has 0 aliphatic carbocycles. The first kappa shape index (κ1) is 14.6.